The first kappa shape index (κ1) is 13.7. The fourth-order valence-corrected chi connectivity index (χ4v) is 1.69. The molecule has 0 saturated carbocycles. The van der Waals surface area contributed by atoms with Gasteiger partial charge >= 0.3 is 17.9 Å². The summed E-state index contributed by atoms with van der Waals surface area (Å²) < 4.78 is 0. The van der Waals surface area contributed by atoms with Gasteiger partial charge in [-0.3, -0.25) is 14.4 Å². The molecule has 0 aliphatic rings. The second-order valence-electron chi connectivity index (χ2n) is 2.71. The van der Waals surface area contributed by atoms with Crippen molar-refractivity contribution in [3.8, 4) is 0 Å². The van der Waals surface area contributed by atoms with Gasteiger partial charge in [0, 0.05) is 11.5 Å². The molecule has 1 atom stereocenters. The number of carboxylic acids is 3. The molecule has 0 radical (unpaired) electrons. The van der Waals surface area contributed by atoms with Gasteiger partial charge in [0.05, 0.1) is 0 Å². The SMILES string of the molecule is NC(CSCC(C(=O)O)C(=O)O)C(=O)O. The molecule has 0 aromatic carbocycles. The van der Waals surface area contributed by atoms with E-state index in [2.05, 4.69) is 0 Å². The van der Waals surface area contributed by atoms with Gasteiger partial charge in [-0.05, 0) is 0 Å². The third kappa shape index (κ3) is 5.23. The number of carboxylic acid groups (broad SMARTS) is 3. The predicted octanol–water partition coefficient (Wildman–Crippen LogP) is -1.08. The second-order valence-corrected chi connectivity index (χ2v) is 3.79. The van der Waals surface area contributed by atoms with E-state index in [0.29, 0.717) is 0 Å². The molecular weight excluding hydrogens is 226 g/mol. The Morgan fingerprint density at radius 1 is 1.00 bits per heavy atom. The number of carbonyl (C=O) groups is 3. The van der Waals surface area contributed by atoms with Crippen LogP contribution in [0.4, 0.5) is 0 Å². The molecule has 0 aliphatic heterocycles. The lowest BCUT2D eigenvalue weighted by Crippen LogP contribution is -2.33. The van der Waals surface area contributed by atoms with E-state index in [-0.39, 0.29) is 11.5 Å². The molecule has 7 nitrogen and oxygen atoms in total. The zero-order valence-corrected chi connectivity index (χ0v) is 8.44. The maximum atomic E-state index is 10.4. The van der Waals surface area contributed by atoms with Crippen LogP contribution in [-0.2, 0) is 14.4 Å². The van der Waals surface area contributed by atoms with Crippen LogP contribution in [0, 0.1) is 5.92 Å². The van der Waals surface area contributed by atoms with Crippen molar-refractivity contribution in [3.63, 3.8) is 0 Å². The van der Waals surface area contributed by atoms with E-state index >= 15 is 0 Å². The maximum absolute atomic E-state index is 10.4. The zero-order valence-electron chi connectivity index (χ0n) is 7.62. The van der Waals surface area contributed by atoms with Gasteiger partial charge in [-0.15, -0.1) is 0 Å². The summed E-state index contributed by atoms with van der Waals surface area (Å²) in [6, 6.07) is -1.11. The molecule has 0 rings (SSSR count). The average Bonchev–Trinajstić information content (AvgIpc) is 2.10. The Kier molecular flexibility index (Phi) is 5.72. The van der Waals surface area contributed by atoms with Crippen LogP contribution in [0.1, 0.15) is 0 Å². The van der Waals surface area contributed by atoms with Gasteiger partial charge in [-0.2, -0.15) is 11.8 Å². The quantitative estimate of drug-likeness (QED) is 0.410. The highest BCUT2D eigenvalue weighted by atomic mass is 32.2. The largest absolute Gasteiger partial charge is 0.481 e. The summed E-state index contributed by atoms with van der Waals surface area (Å²) in [5.41, 5.74) is 5.14. The van der Waals surface area contributed by atoms with Gasteiger partial charge in [0.1, 0.15) is 6.04 Å². The normalized spacial score (nSPS) is 12.4. The number of thioether (sulfide) groups is 1. The van der Waals surface area contributed by atoms with E-state index in [1.807, 2.05) is 0 Å². The Hall–Kier alpha value is -1.28. The topological polar surface area (TPSA) is 138 Å². The molecule has 0 fully saturated rings. The molecule has 0 aromatic rings. The minimum atomic E-state index is -1.53. The van der Waals surface area contributed by atoms with Gasteiger partial charge in [0.2, 0.25) is 0 Å². The lowest BCUT2D eigenvalue weighted by molar-refractivity contribution is -0.153. The monoisotopic (exact) mass is 237 g/mol. The molecule has 0 saturated heterocycles. The standard InChI is InChI=1S/C7H11NO6S/c8-4(7(13)14)2-15-1-3(5(9)10)6(11)12/h3-4H,1-2,8H2,(H,9,10)(H,11,12)(H,13,14). The third-order valence-electron chi connectivity index (χ3n) is 1.50. The lowest BCUT2D eigenvalue weighted by Gasteiger charge is -2.08. The van der Waals surface area contributed by atoms with Crippen molar-refractivity contribution in [1.29, 1.82) is 0 Å². The van der Waals surface area contributed by atoms with E-state index in [4.69, 9.17) is 21.1 Å². The van der Waals surface area contributed by atoms with E-state index < -0.39 is 29.9 Å². The summed E-state index contributed by atoms with van der Waals surface area (Å²) in [4.78, 5) is 31.1. The second kappa shape index (κ2) is 6.25. The van der Waals surface area contributed by atoms with E-state index in [9.17, 15) is 14.4 Å². The summed E-state index contributed by atoms with van der Waals surface area (Å²) in [5, 5.41) is 25.3. The molecule has 86 valence electrons. The number of rotatable bonds is 7. The molecular formula is C7H11NO6S. The molecule has 0 spiro atoms. The van der Waals surface area contributed by atoms with Gasteiger partial charge in [-0.25, -0.2) is 0 Å². The predicted molar refractivity (Wildman–Crippen MR) is 51.7 cm³/mol. The minimum Gasteiger partial charge on any atom is -0.481 e. The molecule has 0 heterocycles. The molecule has 0 bridgehead atoms. The van der Waals surface area contributed by atoms with Crippen molar-refractivity contribution in [2.45, 2.75) is 6.04 Å². The first-order valence-electron chi connectivity index (χ1n) is 3.88. The molecule has 8 heteroatoms. The smallest absolute Gasteiger partial charge is 0.321 e. The van der Waals surface area contributed by atoms with E-state index in [1.54, 1.807) is 0 Å². The minimum absolute atomic E-state index is 0.0214. The van der Waals surface area contributed by atoms with Crippen LogP contribution in [0.2, 0.25) is 0 Å². The Balaban J connectivity index is 3.97. The summed E-state index contributed by atoms with van der Waals surface area (Å²) >= 11 is 0.887. The van der Waals surface area contributed by atoms with Crippen molar-refractivity contribution in [2.24, 2.45) is 11.7 Å². The molecule has 15 heavy (non-hydrogen) atoms. The van der Waals surface area contributed by atoms with Crippen molar-refractivity contribution in [1.82, 2.24) is 0 Å². The molecule has 5 N–H and O–H groups in total. The van der Waals surface area contributed by atoms with Gasteiger partial charge in [0.25, 0.3) is 0 Å². The Bertz CT molecular complexity index is 254. The number of aliphatic carboxylic acids is 3. The number of nitrogens with two attached hydrogens (primary N) is 1. The van der Waals surface area contributed by atoms with Crippen molar-refractivity contribution in [2.75, 3.05) is 11.5 Å². The highest BCUT2D eigenvalue weighted by Crippen LogP contribution is 2.10. The summed E-state index contributed by atoms with van der Waals surface area (Å²) in [7, 11) is 0. The van der Waals surface area contributed by atoms with Gasteiger partial charge in [-0.1, -0.05) is 0 Å². The Labute approximate surface area is 89.3 Å². The van der Waals surface area contributed by atoms with Gasteiger partial charge < -0.3 is 21.1 Å². The molecule has 0 aromatic heterocycles. The highest BCUT2D eigenvalue weighted by Gasteiger charge is 2.26. The van der Waals surface area contributed by atoms with Gasteiger partial charge in [0.15, 0.2) is 5.92 Å². The third-order valence-corrected chi connectivity index (χ3v) is 2.66. The number of hydrogen-bond acceptors (Lipinski definition) is 5. The van der Waals surface area contributed by atoms with Crippen LogP contribution >= 0.6 is 11.8 Å². The fourth-order valence-electron chi connectivity index (χ4n) is 0.632. The lowest BCUT2D eigenvalue weighted by atomic mass is 10.2. The molecule has 0 aliphatic carbocycles. The van der Waals surface area contributed by atoms with Crippen molar-refractivity contribution < 1.29 is 29.7 Å². The highest BCUT2D eigenvalue weighted by molar-refractivity contribution is 7.99. The van der Waals surface area contributed by atoms with Crippen LogP contribution in [-0.4, -0.2) is 50.8 Å². The molecule has 0 amide bonds. The fraction of sp³-hybridized carbons (Fsp3) is 0.571. The van der Waals surface area contributed by atoms with Crippen LogP contribution in [0.25, 0.3) is 0 Å². The van der Waals surface area contributed by atoms with Crippen molar-refractivity contribution in [3.05, 3.63) is 0 Å². The summed E-state index contributed by atoms with van der Waals surface area (Å²) in [6.07, 6.45) is 0. The van der Waals surface area contributed by atoms with E-state index in [1.165, 1.54) is 0 Å². The summed E-state index contributed by atoms with van der Waals surface area (Å²) in [6.45, 7) is 0. The van der Waals surface area contributed by atoms with Crippen LogP contribution in [0.3, 0.4) is 0 Å². The number of hydrogen-bond donors (Lipinski definition) is 4. The van der Waals surface area contributed by atoms with Crippen molar-refractivity contribution >= 4 is 29.7 Å². The summed E-state index contributed by atoms with van der Waals surface area (Å²) in [5.74, 6) is -5.85. The van der Waals surface area contributed by atoms with E-state index in [0.717, 1.165) is 11.8 Å². The first-order valence-corrected chi connectivity index (χ1v) is 5.03. The first-order chi connectivity index (χ1) is 6.86. The van der Waals surface area contributed by atoms with Crippen LogP contribution in [0.5, 0.6) is 0 Å². The zero-order chi connectivity index (χ0) is 12.0. The van der Waals surface area contributed by atoms with Crippen LogP contribution < -0.4 is 5.73 Å². The Morgan fingerprint density at radius 2 is 1.47 bits per heavy atom. The average molecular weight is 237 g/mol. The molecule has 1 unspecified atom stereocenters. The van der Waals surface area contributed by atoms with Crippen LogP contribution in [0.15, 0.2) is 0 Å². The Morgan fingerprint density at radius 3 is 1.80 bits per heavy atom. The maximum Gasteiger partial charge on any atom is 0.321 e.